The Bertz CT molecular complexity index is 302. The van der Waals surface area contributed by atoms with Crippen LogP contribution in [0.2, 0.25) is 0 Å². The molecule has 0 saturated heterocycles. The van der Waals surface area contributed by atoms with Gasteiger partial charge in [0.15, 0.2) is 0 Å². The van der Waals surface area contributed by atoms with E-state index in [2.05, 4.69) is 17.6 Å². The van der Waals surface area contributed by atoms with Gasteiger partial charge in [-0.2, -0.15) is 0 Å². The lowest BCUT2D eigenvalue weighted by atomic mass is 9.70. The molecular weight excluding hydrogens is 236 g/mol. The van der Waals surface area contributed by atoms with Crippen molar-refractivity contribution in [3.63, 3.8) is 0 Å². The van der Waals surface area contributed by atoms with E-state index < -0.39 is 18.0 Å². The lowest BCUT2D eigenvalue weighted by Crippen LogP contribution is -2.49. The van der Waals surface area contributed by atoms with Gasteiger partial charge in [0, 0.05) is 26.7 Å². The maximum atomic E-state index is 11.6. The van der Waals surface area contributed by atoms with E-state index in [1.54, 1.807) is 0 Å². The molecule has 104 valence electrons. The van der Waals surface area contributed by atoms with Crippen molar-refractivity contribution in [2.24, 2.45) is 5.41 Å². The summed E-state index contributed by atoms with van der Waals surface area (Å²) < 4.78 is 4.81. The molecule has 1 fully saturated rings. The van der Waals surface area contributed by atoms with Crippen LogP contribution in [-0.2, 0) is 9.53 Å². The zero-order valence-corrected chi connectivity index (χ0v) is 11.0. The number of carbonyl (C=O) groups excluding carboxylic acids is 1. The summed E-state index contributed by atoms with van der Waals surface area (Å²) in [5.41, 5.74) is 0.183. The number of methoxy groups -OCH3 is 1. The van der Waals surface area contributed by atoms with E-state index in [0.717, 1.165) is 12.8 Å². The van der Waals surface area contributed by atoms with Crippen molar-refractivity contribution in [2.75, 3.05) is 20.3 Å². The van der Waals surface area contributed by atoms with Crippen LogP contribution in [0.1, 0.15) is 32.6 Å². The molecule has 6 nitrogen and oxygen atoms in total. The number of hydrogen-bond donors (Lipinski definition) is 3. The topological polar surface area (TPSA) is 87.7 Å². The quantitative estimate of drug-likeness (QED) is 0.635. The number of carbonyl (C=O) groups is 2. The summed E-state index contributed by atoms with van der Waals surface area (Å²) in [6.45, 7) is 3.01. The molecule has 0 radical (unpaired) electrons. The van der Waals surface area contributed by atoms with Crippen LogP contribution in [0.5, 0.6) is 0 Å². The van der Waals surface area contributed by atoms with E-state index in [1.165, 1.54) is 13.5 Å². The highest BCUT2D eigenvalue weighted by Crippen LogP contribution is 2.39. The number of carboxylic acids is 1. The van der Waals surface area contributed by atoms with Gasteiger partial charge in [0.2, 0.25) is 0 Å². The first-order valence-electron chi connectivity index (χ1n) is 6.23. The number of aliphatic carboxylic acids is 1. The first-order chi connectivity index (χ1) is 8.47. The molecule has 1 aliphatic rings. The van der Waals surface area contributed by atoms with E-state index >= 15 is 0 Å². The number of hydrogen-bond acceptors (Lipinski definition) is 3. The number of urea groups is 1. The summed E-state index contributed by atoms with van der Waals surface area (Å²) in [6, 6.07) is -1.33. The molecule has 1 aliphatic carbocycles. The third-order valence-electron chi connectivity index (χ3n) is 3.45. The summed E-state index contributed by atoms with van der Waals surface area (Å²) in [6.07, 6.45) is 3.68. The zero-order valence-electron chi connectivity index (χ0n) is 11.0. The fourth-order valence-electron chi connectivity index (χ4n) is 1.95. The summed E-state index contributed by atoms with van der Waals surface area (Å²) in [5.74, 6) is -1.04. The van der Waals surface area contributed by atoms with Gasteiger partial charge >= 0.3 is 12.0 Å². The Morgan fingerprint density at radius 2 is 2.11 bits per heavy atom. The van der Waals surface area contributed by atoms with Crippen molar-refractivity contribution in [3.05, 3.63) is 0 Å². The predicted molar refractivity (Wildman–Crippen MR) is 66.4 cm³/mol. The molecule has 1 atom stereocenters. The average Bonchev–Trinajstić information content (AvgIpc) is 2.29. The Balaban J connectivity index is 2.29. The first-order valence-corrected chi connectivity index (χ1v) is 6.23. The van der Waals surface area contributed by atoms with Gasteiger partial charge in [-0.05, 0) is 18.3 Å². The van der Waals surface area contributed by atoms with Gasteiger partial charge in [0.05, 0.1) is 0 Å². The number of rotatable bonds is 7. The molecule has 0 heterocycles. The third kappa shape index (κ3) is 4.52. The SMILES string of the molecule is COCCC(NC(=O)NCC1(C)CCC1)C(=O)O. The molecule has 3 N–H and O–H groups in total. The number of carboxylic acid groups (broad SMARTS) is 1. The van der Waals surface area contributed by atoms with Crippen molar-refractivity contribution in [1.82, 2.24) is 10.6 Å². The van der Waals surface area contributed by atoms with Gasteiger partial charge < -0.3 is 20.5 Å². The highest BCUT2D eigenvalue weighted by Gasteiger charge is 2.32. The van der Waals surface area contributed by atoms with Crippen LogP contribution in [0.25, 0.3) is 0 Å². The molecule has 0 aromatic rings. The minimum Gasteiger partial charge on any atom is -0.480 e. The Labute approximate surface area is 107 Å². The van der Waals surface area contributed by atoms with Crippen LogP contribution >= 0.6 is 0 Å². The average molecular weight is 258 g/mol. The number of ether oxygens (including phenoxy) is 1. The molecule has 0 spiro atoms. The van der Waals surface area contributed by atoms with E-state index in [-0.39, 0.29) is 11.8 Å². The van der Waals surface area contributed by atoms with Crippen molar-refractivity contribution in [2.45, 2.75) is 38.6 Å². The van der Waals surface area contributed by atoms with E-state index in [9.17, 15) is 9.59 Å². The van der Waals surface area contributed by atoms with Crippen LogP contribution in [-0.4, -0.2) is 43.4 Å². The molecule has 1 unspecified atom stereocenters. The maximum absolute atomic E-state index is 11.6. The summed E-state index contributed by atoms with van der Waals surface area (Å²) in [4.78, 5) is 22.5. The van der Waals surface area contributed by atoms with Crippen molar-refractivity contribution < 1.29 is 19.4 Å². The fraction of sp³-hybridized carbons (Fsp3) is 0.833. The number of nitrogens with one attached hydrogen (secondary N) is 2. The first kappa shape index (κ1) is 14.8. The second-order valence-corrected chi connectivity index (χ2v) is 5.16. The van der Waals surface area contributed by atoms with Crippen molar-refractivity contribution >= 4 is 12.0 Å². The Kier molecular flexibility index (Phi) is 5.40. The fourth-order valence-corrected chi connectivity index (χ4v) is 1.95. The molecule has 2 amide bonds. The molecule has 18 heavy (non-hydrogen) atoms. The summed E-state index contributed by atoms with van der Waals surface area (Å²) in [7, 11) is 1.50. The molecule has 6 heteroatoms. The van der Waals surface area contributed by atoms with Crippen molar-refractivity contribution in [1.29, 1.82) is 0 Å². The van der Waals surface area contributed by atoms with Gasteiger partial charge in [0.1, 0.15) is 6.04 Å². The monoisotopic (exact) mass is 258 g/mol. The smallest absolute Gasteiger partial charge is 0.326 e. The zero-order chi connectivity index (χ0) is 13.6. The lowest BCUT2D eigenvalue weighted by Gasteiger charge is -2.38. The highest BCUT2D eigenvalue weighted by atomic mass is 16.5. The summed E-state index contributed by atoms with van der Waals surface area (Å²) >= 11 is 0. The highest BCUT2D eigenvalue weighted by molar-refractivity contribution is 5.82. The maximum Gasteiger partial charge on any atom is 0.326 e. The molecule has 0 aromatic heterocycles. The Hall–Kier alpha value is -1.30. The van der Waals surface area contributed by atoms with Gasteiger partial charge in [-0.1, -0.05) is 13.3 Å². The van der Waals surface area contributed by atoms with Crippen LogP contribution in [0, 0.1) is 5.41 Å². The Morgan fingerprint density at radius 3 is 2.56 bits per heavy atom. The molecule has 0 aromatic carbocycles. The van der Waals surface area contributed by atoms with Crippen LogP contribution in [0.15, 0.2) is 0 Å². The molecule has 0 bridgehead atoms. The third-order valence-corrected chi connectivity index (χ3v) is 3.45. The molecule has 0 aliphatic heterocycles. The largest absolute Gasteiger partial charge is 0.480 e. The lowest BCUT2D eigenvalue weighted by molar-refractivity contribution is -0.139. The van der Waals surface area contributed by atoms with Crippen molar-refractivity contribution in [3.8, 4) is 0 Å². The molecule has 1 rings (SSSR count). The van der Waals surface area contributed by atoms with E-state index in [4.69, 9.17) is 9.84 Å². The van der Waals surface area contributed by atoms with E-state index in [1.807, 2.05) is 0 Å². The van der Waals surface area contributed by atoms with Crippen LogP contribution in [0.4, 0.5) is 4.79 Å². The minimum absolute atomic E-state index is 0.183. The van der Waals surface area contributed by atoms with Gasteiger partial charge in [-0.3, -0.25) is 0 Å². The van der Waals surface area contributed by atoms with Crippen LogP contribution in [0.3, 0.4) is 0 Å². The predicted octanol–water partition coefficient (Wildman–Crippen LogP) is 0.965. The summed E-state index contributed by atoms with van der Waals surface area (Å²) in [5, 5.41) is 14.1. The number of amides is 2. The standard InChI is InChI=1S/C12H22N2O4/c1-12(5-3-6-12)8-13-11(17)14-9(10(15)16)4-7-18-2/h9H,3-8H2,1-2H3,(H,15,16)(H2,13,14,17). The molecule has 1 saturated carbocycles. The second kappa shape index (κ2) is 6.58. The second-order valence-electron chi connectivity index (χ2n) is 5.16. The van der Waals surface area contributed by atoms with Gasteiger partial charge in [-0.15, -0.1) is 0 Å². The normalized spacial score (nSPS) is 18.6. The Morgan fingerprint density at radius 1 is 1.44 bits per heavy atom. The van der Waals surface area contributed by atoms with Gasteiger partial charge in [-0.25, -0.2) is 9.59 Å². The molecular formula is C12H22N2O4. The van der Waals surface area contributed by atoms with E-state index in [0.29, 0.717) is 13.2 Å². The minimum atomic E-state index is -1.04. The van der Waals surface area contributed by atoms with Gasteiger partial charge in [0.25, 0.3) is 0 Å². The van der Waals surface area contributed by atoms with Crippen LogP contribution < -0.4 is 10.6 Å².